The van der Waals surface area contributed by atoms with Gasteiger partial charge in [0.15, 0.2) is 11.0 Å². The fraction of sp³-hybridized carbons (Fsp3) is 0.667. The molecular formula is C12H19N3O8S2. The van der Waals surface area contributed by atoms with E-state index in [1.807, 2.05) is 0 Å². The zero-order chi connectivity index (χ0) is 18.8. The highest BCUT2D eigenvalue weighted by atomic mass is 32.2. The molecule has 1 aliphatic rings. The van der Waals surface area contributed by atoms with Crippen LogP contribution in [0.1, 0.15) is 11.8 Å². The van der Waals surface area contributed by atoms with Gasteiger partial charge < -0.3 is 25.4 Å². The molecule has 2 heterocycles. The molecule has 4 atom stereocenters. The van der Waals surface area contributed by atoms with Crippen molar-refractivity contribution in [3.63, 3.8) is 0 Å². The van der Waals surface area contributed by atoms with Crippen molar-refractivity contribution in [3.05, 3.63) is 26.9 Å². The minimum atomic E-state index is -4.11. The summed E-state index contributed by atoms with van der Waals surface area (Å²) >= 11 is 5.03. The number of aliphatic hydroxyl groups excluding tert-OH is 3. The van der Waals surface area contributed by atoms with E-state index in [2.05, 4.69) is 10.3 Å². The Hall–Kier alpha value is -1.19. The zero-order valence-corrected chi connectivity index (χ0v) is 14.5. The SMILES string of the molecule is O=c1[nH]c(=S)n([C@@H]2O[C@H](CO)C(O)C2O)cc1CNCCS(=O)(=O)O. The predicted molar refractivity (Wildman–Crippen MR) is 87.0 cm³/mol. The number of hydrogen-bond acceptors (Lipinski definition) is 9. The lowest BCUT2D eigenvalue weighted by molar-refractivity contribution is -0.0542. The van der Waals surface area contributed by atoms with Gasteiger partial charge in [-0.3, -0.25) is 18.9 Å². The number of H-pyrrole nitrogens is 1. The van der Waals surface area contributed by atoms with Crippen molar-refractivity contribution < 1.29 is 33.0 Å². The molecular weight excluding hydrogens is 378 g/mol. The Morgan fingerprint density at radius 1 is 1.36 bits per heavy atom. The molecule has 6 N–H and O–H groups in total. The van der Waals surface area contributed by atoms with Crippen molar-refractivity contribution in [2.24, 2.45) is 0 Å². The Labute approximate surface area is 147 Å². The van der Waals surface area contributed by atoms with Gasteiger partial charge in [0.05, 0.1) is 12.4 Å². The fourth-order valence-electron chi connectivity index (χ4n) is 2.38. The molecule has 142 valence electrons. The van der Waals surface area contributed by atoms with Crippen molar-refractivity contribution >= 4 is 22.3 Å². The average Bonchev–Trinajstić information content (AvgIpc) is 2.80. The number of hydrogen-bond donors (Lipinski definition) is 6. The molecule has 25 heavy (non-hydrogen) atoms. The second-order valence-electron chi connectivity index (χ2n) is 5.51. The van der Waals surface area contributed by atoms with Crippen molar-refractivity contribution in [3.8, 4) is 0 Å². The summed E-state index contributed by atoms with van der Waals surface area (Å²) in [5.41, 5.74) is -0.353. The van der Waals surface area contributed by atoms with Crippen LogP contribution in [0.25, 0.3) is 0 Å². The monoisotopic (exact) mass is 397 g/mol. The number of ether oxygens (including phenoxy) is 1. The second-order valence-corrected chi connectivity index (χ2v) is 7.47. The van der Waals surface area contributed by atoms with Gasteiger partial charge >= 0.3 is 0 Å². The minimum absolute atomic E-state index is 0.0325. The summed E-state index contributed by atoms with van der Waals surface area (Å²) in [5, 5.41) is 31.7. The van der Waals surface area contributed by atoms with E-state index in [0.717, 1.165) is 0 Å². The molecule has 2 rings (SSSR count). The van der Waals surface area contributed by atoms with E-state index in [1.54, 1.807) is 0 Å². The van der Waals surface area contributed by atoms with Crippen LogP contribution in [0.4, 0.5) is 0 Å². The summed E-state index contributed by atoms with van der Waals surface area (Å²) in [5.74, 6) is -0.515. The largest absolute Gasteiger partial charge is 0.394 e. The third kappa shape index (κ3) is 4.92. The molecule has 13 heteroatoms. The maximum atomic E-state index is 11.9. The molecule has 0 spiro atoms. The van der Waals surface area contributed by atoms with E-state index in [0.29, 0.717) is 0 Å². The van der Waals surface area contributed by atoms with Crippen LogP contribution in [-0.2, 0) is 21.4 Å². The van der Waals surface area contributed by atoms with E-state index in [1.165, 1.54) is 10.8 Å². The summed E-state index contributed by atoms with van der Waals surface area (Å²) in [7, 11) is -4.11. The first-order valence-electron chi connectivity index (χ1n) is 7.26. The molecule has 1 fully saturated rings. The Balaban J connectivity index is 2.18. The van der Waals surface area contributed by atoms with Gasteiger partial charge in [0, 0.05) is 24.8 Å². The highest BCUT2D eigenvalue weighted by Gasteiger charge is 2.43. The van der Waals surface area contributed by atoms with Crippen LogP contribution in [0.5, 0.6) is 0 Å². The molecule has 0 bridgehead atoms. The maximum absolute atomic E-state index is 11.9. The van der Waals surface area contributed by atoms with Crippen LogP contribution in [0.15, 0.2) is 11.0 Å². The highest BCUT2D eigenvalue weighted by molar-refractivity contribution is 7.85. The number of aliphatic hydroxyl groups is 3. The molecule has 0 radical (unpaired) electrons. The molecule has 0 amide bonds. The van der Waals surface area contributed by atoms with Crippen LogP contribution >= 0.6 is 12.2 Å². The van der Waals surface area contributed by atoms with Crippen LogP contribution in [0.3, 0.4) is 0 Å². The first-order valence-corrected chi connectivity index (χ1v) is 9.28. The van der Waals surface area contributed by atoms with Gasteiger partial charge in [0.2, 0.25) is 0 Å². The Morgan fingerprint density at radius 2 is 2.04 bits per heavy atom. The van der Waals surface area contributed by atoms with Gasteiger partial charge in [-0.25, -0.2) is 0 Å². The minimum Gasteiger partial charge on any atom is -0.394 e. The molecule has 1 saturated heterocycles. The smallest absolute Gasteiger partial charge is 0.266 e. The van der Waals surface area contributed by atoms with Crippen LogP contribution < -0.4 is 10.9 Å². The summed E-state index contributed by atoms with van der Waals surface area (Å²) in [6.07, 6.45) is -3.48. The number of rotatable bonds is 7. The van der Waals surface area contributed by atoms with Gasteiger partial charge in [-0.2, -0.15) is 8.42 Å². The number of aromatic nitrogens is 2. The number of aromatic amines is 1. The summed E-state index contributed by atoms with van der Waals surface area (Å²) in [6.45, 7) is -0.619. The highest BCUT2D eigenvalue weighted by Crippen LogP contribution is 2.29. The summed E-state index contributed by atoms with van der Waals surface area (Å²) in [6, 6.07) is 0. The van der Waals surface area contributed by atoms with Crippen molar-refractivity contribution in [1.29, 1.82) is 0 Å². The van der Waals surface area contributed by atoms with Crippen LogP contribution in [-0.4, -0.2) is 75.1 Å². The normalized spacial score (nSPS) is 26.9. The number of nitrogens with one attached hydrogen (secondary N) is 2. The number of nitrogens with zero attached hydrogens (tertiary/aromatic N) is 1. The zero-order valence-electron chi connectivity index (χ0n) is 12.9. The average molecular weight is 397 g/mol. The fourth-order valence-corrected chi connectivity index (χ4v) is 3.03. The molecule has 1 aliphatic heterocycles. The molecule has 0 saturated carbocycles. The molecule has 1 aromatic heterocycles. The third-order valence-corrected chi connectivity index (χ3v) is 4.72. The van der Waals surface area contributed by atoms with Crippen LogP contribution in [0, 0.1) is 4.77 Å². The van der Waals surface area contributed by atoms with Gasteiger partial charge in [-0.15, -0.1) is 0 Å². The second kappa shape index (κ2) is 8.01. The van der Waals surface area contributed by atoms with E-state index < -0.39 is 52.6 Å². The van der Waals surface area contributed by atoms with Gasteiger partial charge in [-0.1, -0.05) is 0 Å². The molecule has 11 nitrogen and oxygen atoms in total. The summed E-state index contributed by atoms with van der Waals surface area (Å²) in [4.78, 5) is 14.3. The predicted octanol–water partition coefficient (Wildman–Crippen LogP) is -2.51. The van der Waals surface area contributed by atoms with Crippen LogP contribution in [0.2, 0.25) is 0 Å². The first-order chi connectivity index (χ1) is 11.6. The molecule has 1 aromatic rings. The lowest BCUT2D eigenvalue weighted by Gasteiger charge is -2.19. The topological polar surface area (TPSA) is 174 Å². The third-order valence-electron chi connectivity index (χ3n) is 3.69. The quantitative estimate of drug-likeness (QED) is 0.164. The standard InChI is InChI=1S/C12H19N3O8S2/c16-5-7-8(17)9(18)11(23-7)15-4-6(10(19)14-12(15)24)3-13-1-2-25(20,21)22/h4,7-9,11,13,16-18H,1-3,5H2,(H,14,19,24)(H,20,21,22)/t7-,8?,9?,11-/m1/s1. The lowest BCUT2D eigenvalue weighted by atomic mass is 10.1. The Bertz CT molecular complexity index is 820. The van der Waals surface area contributed by atoms with Gasteiger partial charge in [0.25, 0.3) is 15.7 Å². The molecule has 0 aromatic carbocycles. The maximum Gasteiger partial charge on any atom is 0.266 e. The van der Waals surface area contributed by atoms with E-state index in [9.17, 15) is 23.4 Å². The van der Waals surface area contributed by atoms with E-state index in [-0.39, 0.29) is 23.4 Å². The van der Waals surface area contributed by atoms with Crippen molar-refractivity contribution in [1.82, 2.24) is 14.9 Å². The Kier molecular flexibility index (Phi) is 6.45. The van der Waals surface area contributed by atoms with E-state index >= 15 is 0 Å². The Morgan fingerprint density at radius 3 is 2.60 bits per heavy atom. The van der Waals surface area contributed by atoms with Crippen molar-refractivity contribution in [2.45, 2.75) is 31.1 Å². The van der Waals surface area contributed by atoms with Gasteiger partial charge in [0.1, 0.15) is 18.3 Å². The van der Waals surface area contributed by atoms with Crippen molar-refractivity contribution in [2.75, 3.05) is 18.9 Å². The lowest BCUT2D eigenvalue weighted by Crippen LogP contribution is -2.34. The van der Waals surface area contributed by atoms with Gasteiger partial charge in [-0.05, 0) is 12.2 Å². The molecule has 2 unspecified atom stereocenters. The van der Waals surface area contributed by atoms with E-state index in [4.69, 9.17) is 26.6 Å². The first kappa shape index (κ1) is 20.1. The summed E-state index contributed by atoms with van der Waals surface area (Å²) < 4.78 is 36.5. The molecule has 0 aliphatic carbocycles.